The van der Waals surface area contributed by atoms with E-state index in [0.717, 1.165) is 30.8 Å². The molecular weight excluding hydrogens is 241 g/mol. The number of rotatable bonds is 6. The second-order valence-electron chi connectivity index (χ2n) is 4.43. The van der Waals surface area contributed by atoms with E-state index in [9.17, 15) is 4.39 Å². The number of nitrogens with one attached hydrogen (secondary N) is 1. The van der Waals surface area contributed by atoms with E-state index in [1.165, 1.54) is 12.3 Å². The zero-order valence-electron chi connectivity index (χ0n) is 11.0. The molecule has 0 aliphatic rings. The van der Waals surface area contributed by atoms with Crippen molar-refractivity contribution < 1.29 is 4.39 Å². The molecule has 2 aromatic rings. The van der Waals surface area contributed by atoms with Gasteiger partial charge in [0.1, 0.15) is 5.82 Å². The largest absolute Gasteiger partial charge is 0.308 e. The number of nitrogens with zero attached hydrogens (tertiary/aromatic N) is 2. The smallest absolute Gasteiger partial charge is 0.141 e. The number of hydrogen-bond donors (Lipinski definition) is 1. The van der Waals surface area contributed by atoms with E-state index in [4.69, 9.17) is 0 Å². The normalized spacial score (nSPS) is 12.3. The molecule has 2 heterocycles. The van der Waals surface area contributed by atoms with Crippen molar-refractivity contribution in [2.24, 2.45) is 0 Å². The minimum Gasteiger partial charge on any atom is -0.308 e. The third-order valence-electron chi connectivity index (χ3n) is 2.89. The van der Waals surface area contributed by atoms with Gasteiger partial charge in [0.15, 0.2) is 0 Å². The van der Waals surface area contributed by atoms with Crippen LogP contribution in [0.5, 0.6) is 0 Å². The fraction of sp³-hybridized carbons (Fsp3) is 0.333. The van der Waals surface area contributed by atoms with Crippen LogP contribution in [0.25, 0.3) is 0 Å². The van der Waals surface area contributed by atoms with Crippen LogP contribution < -0.4 is 5.32 Å². The fourth-order valence-corrected chi connectivity index (χ4v) is 1.92. The maximum absolute atomic E-state index is 12.9. The minimum absolute atomic E-state index is 0.0652. The molecule has 3 nitrogen and oxygen atoms in total. The summed E-state index contributed by atoms with van der Waals surface area (Å²) in [6.45, 7) is 3.01. The highest BCUT2D eigenvalue weighted by atomic mass is 19.1. The van der Waals surface area contributed by atoms with Crippen molar-refractivity contribution in [3.63, 3.8) is 0 Å². The van der Waals surface area contributed by atoms with E-state index in [-0.39, 0.29) is 11.9 Å². The zero-order valence-corrected chi connectivity index (χ0v) is 11.0. The lowest BCUT2D eigenvalue weighted by Gasteiger charge is -2.17. The summed E-state index contributed by atoms with van der Waals surface area (Å²) in [4.78, 5) is 8.49. The molecule has 0 spiro atoms. The topological polar surface area (TPSA) is 37.8 Å². The molecule has 0 aliphatic heterocycles. The first-order valence-corrected chi connectivity index (χ1v) is 6.54. The summed E-state index contributed by atoms with van der Waals surface area (Å²) in [6, 6.07) is 9.10. The van der Waals surface area contributed by atoms with Gasteiger partial charge in [0.25, 0.3) is 0 Å². The Morgan fingerprint density at radius 1 is 1.21 bits per heavy atom. The Kier molecular flexibility index (Phi) is 4.98. The van der Waals surface area contributed by atoms with Gasteiger partial charge in [-0.05, 0) is 37.2 Å². The van der Waals surface area contributed by atoms with Crippen LogP contribution in [-0.4, -0.2) is 16.5 Å². The summed E-state index contributed by atoms with van der Waals surface area (Å²) >= 11 is 0. The van der Waals surface area contributed by atoms with Crippen LogP contribution in [-0.2, 0) is 6.42 Å². The third-order valence-corrected chi connectivity index (χ3v) is 2.89. The molecule has 4 heteroatoms. The monoisotopic (exact) mass is 259 g/mol. The number of pyridine rings is 2. The van der Waals surface area contributed by atoms with E-state index in [2.05, 4.69) is 22.2 Å². The lowest BCUT2D eigenvalue weighted by Crippen LogP contribution is -2.25. The van der Waals surface area contributed by atoms with Crippen LogP contribution in [0, 0.1) is 5.82 Å². The number of hydrogen-bond acceptors (Lipinski definition) is 3. The first kappa shape index (κ1) is 13.6. The van der Waals surface area contributed by atoms with Gasteiger partial charge in [-0.3, -0.25) is 9.97 Å². The molecule has 1 atom stereocenters. The summed E-state index contributed by atoms with van der Waals surface area (Å²) < 4.78 is 12.9. The van der Waals surface area contributed by atoms with Crippen molar-refractivity contribution in [1.29, 1.82) is 0 Å². The molecule has 0 saturated heterocycles. The second-order valence-corrected chi connectivity index (χ2v) is 4.43. The third kappa shape index (κ3) is 4.10. The van der Waals surface area contributed by atoms with E-state index >= 15 is 0 Å². The Balaban J connectivity index is 2.13. The van der Waals surface area contributed by atoms with Crippen LogP contribution >= 0.6 is 0 Å². The quantitative estimate of drug-likeness (QED) is 0.866. The molecule has 0 amide bonds. The minimum atomic E-state index is -0.309. The Morgan fingerprint density at radius 3 is 2.74 bits per heavy atom. The molecule has 1 unspecified atom stereocenters. The van der Waals surface area contributed by atoms with Gasteiger partial charge in [0.05, 0.1) is 17.9 Å². The Bertz CT molecular complexity index is 485. The van der Waals surface area contributed by atoms with Crippen LogP contribution in [0.2, 0.25) is 0 Å². The highest BCUT2D eigenvalue weighted by Crippen LogP contribution is 2.15. The molecule has 19 heavy (non-hydrogen) atoms. The maximum atomic E-state index is 12.9. The van der Waals surface area contributed by atoms with Crippen molar-refractivity contribution in [3.05, 3.63) is 59.9 Å². The van der Waals surface area contributed by atoms with Crippen molar-refractivity contribution in [1.82, 2.24) is 15.3 Å². The Morgan fingerprint density at radius 2 is 2.11 bits per heavy atom. The average Bonchev–Trinajstić information content (AvgIpc) is 2.45. The predicted molar refractivity (Wildman–Crippen MR) is 73.2 cm³/mol. The van der Waals surface area contributed by atoms with E-state index in [1.807, 2.05) is 18.2 Å². The lowest BCUT2D eigenvalue weighted by atomic mass is 10.1. The Hall–Kier alpha value is -1.81. The second kappa shape index (κ2) is 6.95. The fourth-order valence-electron chi connectivity index (χ4n) is 1.92. The van der Waals surface area contributed by atoms with Crippen LogP contribution in [0.15, 0.2) is 42.7 Å². The predicted octanol–water partition coefficient (Wildman–Crippen LogP) is 2.90. The number of aromatic nitrogens is 2. The molecule has 0 bridgehead atoms. The molecule has 0 saturated carbocycles. The first-order chi connectivity index (χ1) is 9.29. The van der Waals surface area contributed by atoms with Crippen LogP contribution in [0.3, 0.4) is 0 Å². The summed E-state index contributed by atoms with van der Waals surface area (Å²) in [5.41, 5.74) is 1.85. The van der Waals surface area contributed by atoms with Gasteiger partial charge in [0.2, 0.25) is 0 Å². The van der Waals surface area contributed by atoms with Gasteiger partial charge in [-0.1, -0.05) is 13.0 Å². The molecule has 0 radical (unpaired) electrons. The van der Waals surface area contributed by atoms with Gasteiger partial charge in [-0.15, -0.1) is 0 Å². The standard InChI is InChI=1S/C15H18FN3/c1-2-8-18-15(10-13-5-3-4-9-17-13)14-7-6-12(16)11-19-14/h3-7,9,11,15,18H,2,8,10H2,1H3. The van der Waals surface area contributed by atoms with Crippen molar-refractivity contribution >= 4 is 0 Å². The molecule has 1 N–H and O–H groups in total. The van der Waals surface area contributed by atoms with Gasteiger partial charge < -0.3 is 5.32 Å². The zero-order chi connectivity index (χ0) is 13.5. The highest BCUT2D eigenvalue weighted by molar-refractivity contribution is 5.14. The maximum Gasteiger partial charge on any atom is 0.141 e. The summed E-state index contributed by atoms with van der Waals surface area (Å²) in [7, 11) is 0. The lowest BCUT2D eigenvalue weighted by molar-refractivity contribution is 0.510. The van der Waals surface area contributed by atoms with Crippen LogP contribution in [0.4, 0.5) is 4.39 Å². The molecular formula is C15H18FN3. The molecule has 0 aromatic carbocycles. The molecule has 0 aliphatic carbocycles. The van der Waals surface area contributed by atoms with Crippen molar-refractivity contribution in [2.75, 3.05) is 6.54 Å². The highest BCUT2D eigenvalue weighted by Gasteiger charge is 2.13. The van der Waals surface area contributed by atoms with Gasteiger partial charge in [-0.25, -0.2) is 4.39 Å². The average molecular weight is 259 g/mol. The SMILES string of the molecule is CCCNC(Cc1ccccn1)c1ccc(F)cn1. The summed E-state index contributed by atoms with van der Waals surface area (Å²) in [5, 5.41) is 3.43. The molecule has 100 valence electrons. The van der Waals surface area contributed by atoms with Gasteiger partial charge >= 0.3 is 0 Å². The van der Waals surface area contributed by atoms with E-state index < -0.39 is 0 Å². The Labute approximate surface area is 112 Å². The summed E-state index contributed by atoms with van der Waals surface area (Å²) in [6.07, 6.45) is 4.83. The van der Waals surface area contributed by atoms with Gasteiger partial charge in [0, 0.05) is 18.3 Å². The van der Waals surface area contributed by atoms with Crippen LogP contribution in [0.1, 0.15) is 30.8 Å². The summed E-state index contributed by atoms with van der Waals surface area (Å²) in [5.74, 6) is -0.309. The van der Waals surface area contributed by atoms with E-state index in [0.29, 0.717) is 0 Å². The molecule has 0 fully saturated rings. The molecule has 2 rings (SSSR count). The molecule has 2 aromatic heterocycles. The van der Waals surface area contributed by atoms with E-state index in [1.54, 1.807) is 12.3 Å². The van der Waals surface area contributed by atoms with Crippen molar-refractivity contribution in [2.45, 2.75) is 25.8 Å². The van der Waals surface area contributed by atoms with Gasteiger partial charge in [-0.2, -0.15) is 0 Å². The number of halogens is 1. The van der Waals surface area contributed by atoms with Crippen molar-refractivity contribution in [3.8, 4) is 0 Å². The first-order valence-electron chi connectivity index (χ1n) is 6.54.